The largest absolute Gasteiger partial charge is 0.361 e. The highest BCUT2D eigenvalue weighted by atomic mass is 79.9. The molecule has 17 heavy (non-hydrogen) atoms. The molecule has 0 amide bonds. The number of benzene rings is 1. The van der Waals surface area contributed by atoms with Gasteiger partial charge in [0.15, 0.2) is 5.13 Å². The lowest BCUT2D eigenvalue weighted by molar-refractivity contribution is 0.536. The SMILES string of the molecule is CC(CNc1nc2cc(Br)ccc2s1)C1CC1. The summed E-state index contributed by atoms with van der Waals surface area (Å²) in [6.45, 7) is 3.38. The fraction of sp³-hybridized carbons (Fsp3) is 0.462. The maximum Gasteiger partial charge on any atom is 0.183 e. The molecule has 1 N–H and O–H groups in total. The van der Waals surface area contributed by atoms with E-state index in [-0.39, 0.29) is 0 Å². The van der Waals surface area contributed by atoms with E-state index in [1.165, 1.54) is 17.5 Å². The van der Waals surface area contributed by atoms with Gasteiger partial charge in [-0.15, -0.1) is 0 Å². The molecule has 3 rings (SSSR count). The van der Waals surface area contributed by atoms with Gasteiger partial charge in [-0.1, -0.05) is 34.2 Å². The molecule has 1 aliphatic rings. The first kappa shape index (κ1) is 11.5. The molecule has 1 aromatic heterocycles. The van der Waals surface area contributed by atoms with Crippen LogP contribution in [-0.2, 0) is 0 Å². The molecule has 0 aliphatic heterocycles. The summed E-state index contributed by atoms with van der Waals surface area (Å²) in [6.07, 6.45) is 2.82. The highest BCUT2D eigenvalue weighted by Crippen LogP contribution is 2.37. The average Bonchev–Trinajstić information content (AvgIpc) is 3.07. The summed E-state index contributed by atoms with van der Waals surface area (Å²) in [7, 11) is 0. The number of nitrogens with zero attached hydrogens (tertiary/aromatic N) is 1. The highest BCUT2D eigenvalue weighted by Gasteiger charge is 2.27. The third-order valence-electron chi connectivity index (χ3n) is 3.35. The number of hydrogen-bond acceptors (Lipinski definition) is 3. The molecule has 1 heterocycles. The van der Waals surface area contributed by atoms with Crippen LogP contribution in [0.5, 0.6) is 0 Å². The Hall–Kier alpha value is -0.610. The van der Waals surface area contributed by atoms with Crippen molar-refractivity contribution >= 4 is 42.6 Å². The molecule has 1 saturated carbocycles. The van der Waals surface area contributed by atoms with Crippen LogP contribution in [0.1, 0.15) is 19.8 Å². The van der Waals surface area contributed by atoms with Gasteiger partial charge in [0.05, 0.1) is 10.2 Å². The number of thiazole rings is 1. The van der Waals surface area contributed by atoms with Crippen LogP contribution in [0.4, 0.5) is 5.13 Å². The van der Waals surface area contributed by atoms with Gasteiger partial charge in [0.2, 0.25) is 0 Å². The Labute approximate surface area is 114 Å². The van der Waals surface area contributed by atoms with E-state index in [0.29, 0.717) is 0 Å². The van der Waals surface area contributed by atoms with Gasteiger partial charge in [-0.2, -0.15) is 0 Å². The van der Waals surface area contributed by atoms with E-state index < -0.39 is 0 Å². The van der Waals surface area contributed by atoms with Gasteiger partial charge in [0.1, 0.15) is 0 Å². The molecule has 1 unspecified atom stereocenters. The van der Waals surface area contributed by atoms with Crippen molar-refractivity contribution in [1.29, 1.82) is 0 Å². The number of anilines is 1. The van der Waals surface area contributed by atoms with Gasteiger partial charge in [-0.3, -0.25) is 0 Å². The Bertz CT molecular complexity index is 533. The van der Waals surface area contributed by atoms with Crippen LogP contribution in [0.25, 0.3) is 10.2 Å². The lowest BCUT2D eigenvalue weighted by Gasteiger charge is -2.09. The molecule has 2 nitrogen and oxygen atoms in total. The summed E-state index contributed by atoms with van der Waals surface area (Å²) < 4.78 is 2.34. The summed E-state index contributed by atoms with van der Waals surface area (Å²) in [5.41, 5.74) is 1.07. The Morgan fingerprint density at radius 2 is 2.35 bits per heavy atom. The maximum absolute atomic E-state index is 4.60. The fourth-order valence-electron chi connectivity index (χ4n) is 2.06. The molecule has 0 spiro atoms. The van der Waals surface area contributed by atoms with Crippen LogP contribution in [0, 0.1) is 11.8 Å². The van der Waals surface area contributed by atoms with Crippen LogP contribution >= 0.6 is 27.3 Å². The first-order valence-corrected chi connectivity index (χ1v) is 7.63. The summed E-state index contributed by atoms with van der Waals surface area (Å²) >= 11 is 5.21. The van der Waals surface area contributed by atoms with Crippen molar-refractivity contribution < 1.29 is 0 Å². The second-order valence-corrected chi connectivity index (χ2v) is 6.77. The monoisotopic (exact) mass is 310 g/mol. The molecule has 90 valence electrons. The Balaban J connectivity index is 1.72. The minimum atomic E-state index is 0.772. The first-order valence-electron chi connectivity index (χ1n) is 6.02. The molecular weight excluding hydrogens is 296 g/mol. The fourth-order valence-corrected chi connectivity index (χ4v) is 3.26. The Morgan fingerprint density at radius 1 is 1.53 bits per heavy atom. The Morgan fingerprint density at radius 3 is 3.12 bits per heavy atom. The van der Waals surface area contributed by atoms with Crippen molar-refractivity contribution in [2.75, 3.05) is 11.9 Å². The van der Waals surface area contributed by atoms with E-state index in [1.54, 1.807) is 11.3 Å². The smallest absolute Gasteiger partial charge is 0.183 e. The molecule has 0 bridgehead atoms. The zero-order chi connectivity index (χ0) is 11.8. The topological polar surface area (TPSA) is 24.9 Å². The van der Waals surface area contributed by atoms with E-state index >= 15 is 0 Å². The van der Waals surface area contributed by atoms with Crippen molar-refractivity contribution in [2.24, 2.45) is 11.8 Å². The lowest BCUT2D eigenvalue weighted by atomic mass is 10.1. The molecule has 1 atom stereocenters. The number of halogens is 1. The third kappa shape index (κ3) is 2.63. The molecule has 4 heteroatoms. The van der Waals surface area contributed by atoms with Gasteiger partial charge in [-0.25, -0.2) is 4.98 Å². The van der Waals surface area contributed by atoms with Gasteiger partial charge >= 0.3 is 0 Å². The standard InChI is InChI=1S/C13H15BrN2S/c1-8(9-2-3-9)7-15-13-16-11-6-10(14)4-5-12(11)17-13/h4-6,8-9H,2-3,7H2,1H3,(H,15,16). The van der Waals surface area contributed by atoms with Crippen molar-refractivity contribution in [3.63, 3.8) is 0 Å². The highest BCUT2D eigenvalue weighted by molar-refractivity contribution is 9.10. The van der Waals surface area contributed by atoms with Gasteiger partial charge in [0, 0.05) is 11.0 Å². The Kier molecular flexibility index (Phi) is 3.09. The molecular formula is C13H15BrN2S. The van der Waals surface area contributed by atoms with Crippen molar-refractivity contribution in [3.05, 3.63) is 22.7 Å². The maximum atomic E-state index is 4.60. The second-order valence-electron chi connectivity index (χ2n) is 4.83. The van der Waals surface area contributed by atoms with E-state index in [9.17, 15) is 0 Å². The molecule has 1 aromatic carbocycles. The van der Waals surface area contributed by atoms with Crippen LogP contribution < -0.4 is 5.32 Å². The minimum Gasteiger partial charge on any atom is -0.361 e. The van der Waals surface area contributed by atoms with Crippen LogP contribution in [0.2, 0.25) is 0 Å². The van der Waals surface area contributed by atoms with E-state index in [1.807, 2.05) is 0 Å². The van der Waals surface area contributed by atoms with E-state index in [0.717, 1.165) is 33.5 Å². The van der Waals surface area contributed by atoms with Gasteiger partial charge in [-0.05, 0) is 42.9 Å². The summed E-state index contributed by atoms with van der Waals surface area (Å²) in [5, 5.41) is 4.51. The van der Waals surface area contributed by atoms with E-state index in [4.69, 9.17) is 0 Å². The quantitative estimate of drug-likeness (QED) is 0.898. The lowest BCUT2D eigenvalue weighted by Crippen LogP contribution is -2.12. The van der Waals surface area contributed by atoms with E-state index in [2.05, 4.69) is 51.4 Å². The average molecular weight is 311 g/mol. The molecule has 0 radical (unpaired) electrons. The third-order valence-corrected chi connectivity index (χ3v) is 4.84. The number of nitrogens with one attached hydrogen (secondary N) is 1. The first-order chi connectivity index (χ1) is 8.22. The van der Waals surface area contributed by atoms with Crippen LogP contribution in [0.15, 0.2) is 22.7 Å². The van der Waals surface area contributed by atoms with Crippen molar-refractivity contribution in [2.45, 2.75) is 19.8 Å². The van der Waals surface area contributed by atoms with Crippen molar-refractivity contribution in [3.8, 4) is 0 Å². The second kappa shape index (κ2) is 4.58. The number of aromatic nitrogens is 1. The number of rotatable bonds is 4. The minimum absolute atomic E-state index is 0.772. The molecule has 2 aromatic rings. The predicted octanol–water partition coefficient (Wildman–Crippen LogP) is 4.52. The normalized spacial score (nSPS) is 17.3. The summed E-state index contributed by atoms with van der Waals surface area (Å²) in [5.74, 6) is 1.72. The van der Waals surface area contributed by atoms with Gasteiger partial charge < -0.3 is 5.32 Å². The predicted molar refractivity (Wildman–Crippen MR) is 77.7 cm³/mol. The molecule has 1 fully saturated rings. The van der Waals surface area contributed by atoms with Crippen LogP contribution in [-0.4, -0.2) is 11.5 Å². The molecule has 1 aliphatic carbocycles. The number of fused-ring (bicyclic) bond motifs is 1. The summed E-state index contributed by atoms with van der Waals surface area (Å²) in [4.78, 5) is 4.60. The van der Waals surface area contributed by atoms with Gasteiger partial charge in [0.25, 0.3) is 0 Å². The number of hydrogen-bond donors (Lipinski definition) is 1. The van der Waals surface area contributed by atoms with Crippen molar-refractivity contribution in [1.82, 2.24) is 4.98 Å². The zero-order valence-corrected chi connectivity index (χ0v) is 12.1. The molecule has 0 saturated heterocycles. The zero-order valence-electron chi connectivity index (χ0n) is 9.74. The van der Waals surface area contributed by atoms with Crippen LogP contribution in [0.3, 0.4) is 0 Å². The summed E-state index contributed by atoms with van der Waals surface area (Å²) in [6, 6.07) is 6.25.